The number of carbonyl (C=O) groups is 2. The van der Waals surface area contributed by atoms with E-state index in [-0.39, 0.29) is 11.8 Å². The fourth-order valence-corrected chi connectivity index (χ4v) is 1.78. The first kappa shape index (κ1) is 15.4. The lowest BCUT2D eigenvalue weighted by Crippen LogP contribution is -2.29. The van der Waals surface area contributed by atoms with Crippen LogP contribution in [0, 0.1) is 0 Å². The Morgan fingerprint density at radius 1 is 1.21 bits per heavy atom. The first-order valence-corrected chi connectivity index (χ1v) is 6.46. The van der Waals surface area contributed by atoms with Gasteiger partial charge < -0.3 is 9.47 Å². The minimum absolute atomic E-state index is 0.00550. The van der Waals surface area contributed by atoms with Crippen molar-refractivity contribution in [2.24, 2.45) is 0 Å². The summed E-state index contributed by atoms with van der Waals surface area (Å²) in [5, 5.41) is 0. The lowest BCUT2D eigenvalue weighted by Gasteiger charge is -2.15. The van der Waals surface area contributed by atoms with E-state index in [2.05, 4.69) is 0 Å². The van der Waals surface area contributed by atoms with Crippen molar-refractivity contribution >= 4 is 11.8 Å². The van der Waals surface area contributed by atoms with Gasteiger partial charge >= 0.3 is 5.97 Å². The van der Waals surface area contributed by atoms with Gasteiger partial charge in [0.05, 0.1) is 6.61 Å². The van der Waals surface area contributed by atoms with Crippen molar-refractivity contribution in [1.82, 2.24) is 0 Å². The molecule has 1 atom stereocenters. The normalized spacial score (nSPS) is 11.9. The monoisotopic (exact) mass is 264 g/mol. The van der Waals surface area contributed by atoms with E-state index in [0.29, 0.717) is 25.2 Å². The van der Waals surface area contributed by atoms with E-state index in [1.165, 1.54) is 6.92 Å². The largest absolute Gasteiger partial charge is 0.464 e. The number of ether oxygens (including phenoxy) is 2. The van der Waals surface area contributed by atoms with Crippen molar-refractivity contribution in [3.8, 4) is 0 Å². The van der Waals surface area contributed by atoms with Crippen LogP contribution >= 0.6 is 0 Å². The Morgan fingerprint density at radius 2 is 1.95 bits per heavy atom. The molecule has 0 saturated heterocycles. The molecule has 0 heterocycles. The van der Waals surface area contributed by atoms with E-state index < -0.39 is 6.10 Å². The molecule has 1 rings (SSSR count). The van der Waals surface area contributed by atoms with Gasteiger partial charge in [-0.15, -0.1) is 0 Å². The van der Waals surface area contributed by atoms with Crippen molar-refractivity contribution in [1.29, 1.82) is 0 Å². The highest BCUT2D eigenvalue weighted by molar-refractivity contribution is 5.94. The number of carbonyl (C=O) groups excluding carboxylic acids is 2. The second-order valence-electron chi connectivity index (χ2n) is 4.16. The molecule has 0 aliphatic heterocycles. The summed E-state index contributed by atoms with van der Waals surface area (Å²) in [5.41, 5.74) is 1.52. The van der Waals surface area contributed by atoms with Crippen LogP contribution in [0.15, 0.2) is 24.3 Å². The highest BCUT2D eigenvalue weighted by Crippen LogP contribution is 2.11. The van der Waals surface area contributed by atoms with Crippen molar-refractivity contribution < 1.29 is 19.1 Å². The summed E-state index contributed by atoms with van der Waals surface area (Å²) in [4.78, 5) is 23.1. The second kappa shape index (κ2) is 7.69. The molecule has 0 unspecified atom stereocenters. The lowest BCUT2D eigenvalue weighted by atomic mass is 10.0. The summed E-state index contributed by atoms with van der Waals surface area (Å²) in [5.74, 6) is -0.358. The van der Waals surface area contributed by atoms with Crippen LogP contribution in [0.3, 0.4) is 0 Å². The summed E-state index contributed by atoms with van der Waals surface area (Å²) < 4.78 is 10.4. The van der Waals surface area contributed by atoms with Gasteiger partial charge in [0.2, 0.25) is 0 Å². The Bertz CT molecular complexity index is 440. The smallest absolute Gasteiger partial charge is 0.335 e. The van der Waals surface area contributed by atoms with Crippen LogP contribution in [-0.2, 0) is 20.7 Å². The van der Waals surface area contributed by atoms with Gasteiger partial charge in [-0.25, -0.2) is 4.79 Å². The minimum atomic E-state index is -0.618. The summed E-state index contributed by atoms with van der Waals surface area (Å²) in [6, 6.07) is 7.22. The summed E-state index contributed by atoms with van der Waals surface area (Å²) in [6.07, 6.45) is -0.208. The van der Waals surface area contributed by atoms with Gasteiger partial charge in [0.25, 0.3) is 0 Å². The standard InChI is InChI=1S/C15H20O4/c1-4-18-14(15(17)19-5-2)10-12-7-6-8-13(9-12)11(3)16/h6-9,14H,4-5,10H2,1-3H3/t14-/m0/s1. The van der Waals surface area contributed by atoms with Crippen molar-refractivity contribution in [3.63, 3.8) is 0 Å². The first-order valence-electron chi connectivity index (χ1n) is 6.46. The van der Waals surface area contributed by atoms with Gasteiger partial charge in [0.15, 0.2) is 11.9 Å². The minimum Gasteiger partial charge on any atom is -0.464 e. The number of hydrogen-bond donors (Lipinski definition) is 0. The Balaban J connectivity index is 2.81. The SMILES string of the molecule is CCOC(=O)[C@H](Cc1cccc(C(C)=O)c1)OCC. The quantitative estimate of drug-likeness (QED) is 0.560. The molecule has 0 N–H and O–H groups in total. The highest BCUT2D eigenvalue weighted by atomic mass is 16.6. The van der Waals surface area contributed by atoms with Crippen LogP contribution in [0.1, 0.15) is 36.7 Å². The number of Topliss-reactive ketones (excluding diaryl/α,β-unsaturated/α-hetero) is 1. The zero-order chi connectivity index (χ0) is 14.3. The van der Waals surface area contributed by atoms with Crippen molar-refractivity contribution in [2.45, 2.75) is 33.3 Å². The van der Waals surface area contributed by atoms with E-state index in [9.17, 15) is 9.59 Å². The van der Waals surface area contributed by atoms with Crippen molar-refractivity contribution in [2.75, 3.05) is 13.2 Å². The second-order valence-corrected chi connectivity index (χ2v) is 4.16. The van der Waals surface area contributed by atoms with Crippen LogP contribution in [0.2, 0.25) is 0 Å². The maximum absolute atomic E-state index is 11.7. The van der Waals surface area contributed by atoms with E-state index in [1.54, 1.807) is 25.1 Å². The zero-order valence-corrected chi connectivity index (χ0v) is 11.6. The molecular weight excluding hydrogens is 244 g/mol. The van der Waals surface area contributed by atoms with Crippen molar-refractivity contribution in [3.05, 3.63) is 35.4 Å². The van der Waals surface area contributed by atoms with Crippen LogP contribution in [-0.4, -0.2) is 31.1 Å². The summed E-state index contributed by atoms with van der Waals surface area (Å²) in [7, 11) is 0. The zero-order valence-electron chi connectivity index (χ0n) is 11.6. The molecular formula is C15H20O4. The maximum atomic E-state index is 11.7. The van der Waals surface area contributed by atoms with Gasteiger partial charge in [-0.2, -0.15) is 0 Å². The number of ketones is 1. The molecule has 0 aliphatic carbocycles. The highest BCUT2D eigenvalue weighted by Gasteiger charge is 2.20. The first-order chi connectivity index (χ1) is 9.08. The Labute approximate surface area is 113 Å². The molecule has 1 aromatic rings. The Hall–Kier alpha value is -1.68. The van der Waals surface area contributed by atoms with Gasteiger partial charge in [0.1, 0.15) is 0 Å². The third-order valence-electron chi connectivity index (χ3n) is 2.67. The fourth-order valence-electron chi connectivity index (χ4n) is 1.78. The molecule has 4 heteroatoms. The molecule has 0 spiro atoms. The summed E-state index contributed by atoms with van der Waals surface area (Å²) >= 11 is 0. The van der Waals surface area contributed by atoms with Gasteiger partial charge in [-0.3, -0.25) is 4.79 Å². The lowest BCUT2D eigenvalue weighted by molar-refractivity contribution is -0.156. The van der Waals surface area contributed by atoms with Gasteiger partial charge in [-0.1, -0.05) is 18.2 Å². The van der Waals surface area contributed by atoms with Gasteiger partial charge in [0, 0.05) is 18.6 Å². The molecule has 1 aromatic carbocycles. The molecule has 0 saturated carbocycles. The van der Waals surface area contributed by atoms with Gasteiger partial charge in [-0.05, 0) is 32.4 Å². The molecule has 0 bridgehead atoms. The van der Waals surface area contributed by atoms with E-state index in [4.69, 9.17) is 9.47 Å². The molecule has 0 fully saturated rings. The third-order valence-corrected chi connectivity index (χ3v) is 2.67. The molecule has 19 heavy (non-hydrogen) atoms. The maximum Gasteiger partial charge on any atom is 0.335 e. The number of benzene rings is 1. The average molecular weight is 264 g/mol. The van der Waals surface area contributed by atoms with Crippen LogP contribution in [0.4, 0.5) is 0 Å². The average Bonchev–Trinajstić information content (AvgIpc) is 2.39. The van der Waals surface area contributed by atoms with E-state index >= 15 is 0 Å². The van der Waals surface area contributed by atoms with E-state index in [1.807, 2.05) is 13.0 Å². The predicted octanol–water partition coefficient (Wildman–Crippen LogP) is 2.40. The molecule has 104 valence electrons. The fraction of sp³-hybridized carbons (Fsp3) is 0.467. The molecule has 0 amide bonds. The Kier molecular flexibility index (Phi) is 6.22. The van der Waals surface area contributed by atoms with Crippen LogP contribution in [0.5, 0.6) is 0 Å². The number of hydrogen-bond acceptors (Lipinski definition) is 4. The number of rotatable bonds is 7. The van der Waals surface area contributed by atoms with Crippen LogP contribution < -0.4 is 0 Å². The molecule has 0 aliphatic rings. The molecule has 4 nitrogen and oxygen atoms in total. The number of esters is 1. The predicted molar refractivity (Wildman–Crippen MR) is 72.2 cm³/mol. The molecule has 0 aromatic heterocycles. The van der Waals surface area contributed by atoms with E-state index in [0.717, 1.165) is 5.56 Å². The third kappa shape index (κ3) is 4.83. The topological polar surface area (TPSA) is 52.6 Å². The molecule has 0 radical (unpaired) electrons. The van der Waals surface area contributed by atoms with Crippen LogP contribution in [0.25, 0.3) is 0 Å². The summed E-state index contributed by atoms with van der Waals surface area (Å²) in [6.45, 7) is 5.88. The Morgan fingerprint density at radius 3 is 2.53 bits per heavy atom.